The molecule has 25 heavy (non-hydrogen) atoms. The summed E-state index contributed by atoms with van der Waals surface area (Å²) in [5.74, 6) is -0.0944. The number of carbonyl (C=O) groups is 2. The van der Waals surface area contributed by atoms with Gasteiger partial charge in [-0.05, 0) is 55.7 Å². The molecule has 0 saturated carbocycles. The number of amides is 1. The zero-order valence-electron chi connectivity index (χ0n) is 14.8. The zero-order chi connectivity index (χ0) is 18.2. The minimum Gasteiger partial charge on any atom is -0.493 e. The fourth-order valence-electron chi connectivity index (χ4n) is 2.20. The van der Waals surface area contributed by atoms with Crippen molar-refractivity contribution in [2.45, 2.75) is 27.2 Å². The van der Waals surface area contributed by atoms with Crippen LogP contribution in [0.15, 0.2) is 42.5 Å². The Morgan fingerprint density at radius 1 is 0.960 bits per heavy atom. The van der Waals surface area contributed by atoms with Gasteiger partial charge in [-0.3, -0.25) is 9.59 Å². The summed E-state index contributed by atoms with van der Waals surface area (Å²) in [6, 6.07) is 13.2. The molecule has 0 fully saturated rings. The lowest BCUT2D eigenvalue weighted by atomic mass is 10.1. The number of carbonyl (C=O) groups excluding carboxylic acids is 2. The second kappa shape index (κ2) is 8.87. The Morgan fingerprint density at radius 3 is 2.44 bits per heavy atom. The first-order chi connectivity index (χ1) is 12.0. The van der Waals surface area contributed by atoms with Gasteiger partial charge in [0.2, 0.25) is 0 Å². The van der Waals surface area contributed by atoms with Crippen LogP contribution in [-0.2, 0) is 14.3 Å². The van der Waals surface area contributed by atoms with Crippen molar-refractivity contribution < 1.29 is 19.1 Å². The van der Waals surface area contributed by atoms with Gasteiger partial charge in [0.05, 0.1) is 13.0 Å². The molecular formula is C20H23NO4. The predicted molar refractivity (Wildman–Crippen MR) is 96.8 cm³/mol. The van der Waals surface area contributed by atoms with E-state index in [-0.39, 0.29) is 25.5 Å². The Kier molecular flexibility index (Phi) is 6.57. The van der Waals surface area contributed by atoms with E-state index in [0.29, 0.717) is 5.69 Å². The van der Waals surface area contributed by atoms with Gasteiger partial charge in [0.25, 0.3) is 5.91 Å². The Hall–Kier alpha value is -2.82. The van der Waals surface area contributed by atoms with Gasteiger partial charge in [0.15, 0.2) is 6.61 Å². The largest absolute Gasteiger partial charge is 0.493 e. The maximum atomic E-state index is 11.8. The van der Waals surface area contributed by atoms with Crippen LogP contribution in [0.25, 0.3) is 0 Å². The highest BCUT2D eigenvalue weighted by molar-refractivity contribution is 5.92. The lowest BCUT2D eigenvalue weighted by molar-refractivity contribution is -0.147. The molecule has 0 radical (unpaired) electrons. The number of ether oxygens (including phenoxy) is 2. The van der Waals surface area contributed by atoms with Gasteiger partial charge in [0.1, 0.15) is 5.75 Å². The number of para-hydroxylation sites is 1. The predicted octanol–water partition coefficient (Wildman–Crippen LogP) is 3.56. The highest BCUT2D eigenvalue weighted by Crippen LogP contribution is 2.16. The van der Waals surface area contributed by atoms with E-state index in [1.807, 2.05) is 63.2 Å². The molecule has 0 saturated heterocycles. The average Bonchev–Trinajstić information content (AvgIpc) is 2.58. The monoisotopic (exact) mass is 341 g/mol. The van der Waals surface area contributed by atoms with Gasteiger partial charge in [-0.25, -0.2) is 0 Å². The molecule has 132 valence electrons. The van der Waals surface area contributed by atoms with E-state index < -0.39 is 5.97 Å². The Morgan fingerprint density at radius 2 is 1.72 bits per heavy atom. The first kappa shape index (κ1) is 18.5. The Labute approximate surface area is 148 Å². The number of hydrogen-bond acceptors (Lipinski definition) is 4. The molecule has 0 atom stereocenters. The lowest BCUT2D eigenvalue weighted by Gasteiger charge is -2.10. The third-order valence-corrected chi connectivity index (χ3v) is 3.81. The molecular weight excluding hydrogens is 318 g/mol. The van der Waals surface area contributed by atoms with Crippen molar-refractivity contribution in [1.29, 1.82) is 0 Å². The smallest absolute Gasteiger partial charge is 0.309 e. The summed E-state index contributed by atoms with van der Waals surface area (Å²) in [4.78, 5) is 23.5. The van der Waals surface area contributed by atoms with Gasteiger partial charge in [-0.2, -0.15) is 0 Å². The topological polar surface area (TPSA) is 64.6 Å². The number of hydrogen-bond donors (Lipinski definition) is 1. The minimum absolute atomic E-state index is 0.0885. The maximum Gasteiger partial charge on any atom is 0.309 e. The van der Waals surface area contributed by atoms with Crippen LogP contribution < -0.4 is 10.1 Å². The number of anilines is 1. The van der Waals surface area contributed by atoms with E-state index in [0.717, 1.165) is 22.4 Å². The summed E-state index contributed by atoms with van der Waals surface area (Å²) in [6.07, 6.45) is 0.0885. The highest BCUT2D eigenvalue weighted by Gasteiger charge is 2.09. The van der Waals surface area contributed by atoms with Crippen molar-refractivity contribution in [3.05, 3.63) is 59.2 Å². The molecule has 0 aromatic heterocycles. The highest BCUT2D eigenvalue weighted by atomic mass is 16.5. The molecule has 5 nitrogen and oxygen atoms in total. The fourth-order valence-corrected chi connectivity index (χ4v) is 2.20. The minimum atomic E-state index is -0.469. The van der Waals surface area contributed by atoms with Crippen molar-refractivity contribution >= 4 is 17.6 Å². The summed E-state index contributed by atoms with van der Waals surface area (Å²) >= 11 is 0. The lowest BCUT2D eigenvalue weighted by Crippen LogP contribution is -2.21. The zero-order valence-corrected chi connectivity index (χ0v) is 14.8. The van der Waals surface area contributed by atoms with Crippen LogP contribution in [-0.4, -0.2) is 25.1 Å². The van der Waals surface area contributed by atoms with Crippen LogP contribution in [0.2, 0.25) is 0 Å². The van der Waals surface area contributed by atoms with Gasteiger partial charge in [0, 0.05) is 5.69 Å². The van der Waals surface area contributed by atoms with Crippen LogP contribution >= 0.6 is 0 Å². The second-order valence-electron chi connectivity index (χ2n) is 5.87. The van der Waals surface area contributed by atoms with Gasteiger partial charge < -0.3 is 14.8 Å². The molecule has 5 heteroatoms. The van der Waals surface area contributed by atoms with E-state index in [4.69, 9.17) is 9.47 Å². The quantitative estimate of drug-likeness (QED) is 0.782. The van der Waals surface area contributed by atoms with Crippen LogP contribution in [0.5, 0.6) is 5.75 Å². The van der Waals surface area contributed by atoms with E-state index in [1.54, 1.807) is 0 Å². The number of benzene rings is 2. The van der Waals surface area contributed by atoms with Crippen molar-refractivity contribution in [2.24, 2.45) is 0 Å². The molecule has 0 aliphatic carbocycles. The first-order valence-electron chi connectivity index (χ1n) is 8.17. The van der Waals surface area contributed by atoms with Crippen molar-refractivity contribution in [3.63, 3.8) is 0 Å². The summed E-state index contributed by atoms with van der Waals surface area (Å²) in [5, 5.41) is 2.71. The Balaban J connectivity index is 1.69. The summed E-state index contributed by atoms with van der Waals surface area (Å²) in [7, 11) is 0. The van der Waals surface area contributed by atoms with E-state index in [1.165, 1.54) is 0 Å². The number of aryl methyl sites for hydroxylation is 3. The van der Waals surface area contributed by atoms with Gasteiger partial charge in [-0.15, -0.1) is 0 Å². The molecule has 0 aliphatic rings. The van der Waals surface area contributed by atoms with Crippen LogP contribution in [0, 0.1) is 20.8 Å². The Bertz CT molecular complexity index is 755. The molecule has 0 bridgehead atoms. The molecule has 1 N–H and O–H groups in total. The van der Waals surface area contributed by atoms with E-state index in [9.17, 15) is 9.59 Å². The normalized spacial score (nSPS) is 10.2. The maximum absolute atomic E-state index is 11.8. The average molecular weight is 341 g/mol. The standard InChI is InChI=1S/C20H23NO4/c1-14-8-9-17(12-16(14)3)21-19(22)13-25-20(23)10-11-24-18-7-5-4-6-15(18)2/h4-9,12H,10-11,13H2,1-3H3,(H,21,22). The summed E-state index contributed by atoms with van der Waals surface area (Å²) in [6.45, 7) is 5.81. The van der Waals surface area contributed by atoms with Crippen LogP contribution in [0.4, 0.5) is 5.69 Å². The molecule has 0 spiro atoms. The van der Waals surface area contributed by atoms with E-state index >= 15 is 0 Å². The first-order valence-corrected chi connectivity index (χ1v) is 8.17. The molecule has 0 unspecified atom stereocenters. The SMILES string of the molecule is Cc1ccc(NC(=O)COC(=O)CCOc2ccccc2C)cc1C. The van der Waals surface area contributed by atoms with Gasteiger partial charge in [-0.1, -0.05) is 24.3 Å². The van der Waals surface area contributed by atoms with E-state index in [2.05, 4.69) is 5.32 Å². The number of rotatable bonds is 7. The van der Waals surface area contributed by atoms with Crippen LogP contribution in [0.3, 0.4) is 0 Å². The number of nitrogens with one attached hydrogen (secondary N) is 1. The molecule has 1 amide bonds. The third kappa shape index (κ3) is 5.95. The second-order valence-corrected chi connectivity index (χ2v) is 5.87. The molecule has 0 aliphatic heterocycles. The summed E-state index contributed by atoms with van der Waals surface area (Å²) < 4.78 is 10.5. The number of esters is 1. The van der Waals surface area contributed by atoms with Crippen molar-refractivity contribution in [3.8, 4) is 5.75 Å². The molecule has 2 aromatic carbocycles. The van der Waals surface area contributed by atoms with Crippen molar-refractivity contribution in [2.75, 3.05) is 18.5 Å². The molecule has 2 aromatic rings. The van der Waals surface area contributed by atoms with Gasteiger partial charge >= 0.3 is 5.97 Å². The van der Waals surface area contributed by atoms with Crippen LogP contribution in [0.1, 0.15) is 23.1 Å². The molecule has 0 heterocycles. The molecule has 2 rings (SSSR count). The van der Waals surface area contributed by atoms with Crippen molar-refractivity contribution in [1.82, 2.24) is 0 Å². The fraction of sp³-hybridized carbons (Fsp3) is 0.300. The summed E-state index contributed by atoms with van der Waals surface area (Å²) in [5.41, 5.74) is 3.93. The third-order valence-electron chi connectivity index (χ3n) is 3.81.